The van der Waals surface area contributed by atoms with Gasteiger partial charge < -0.3 is 4.74 Å². The smallest absolute Gasteiger partial charge is 0.240 e. The van der Waals surface area contributed by atoms with E-state index in [1.165, 1.54) is 17.7 Å². The molecule has 2 aromatic carbocycles. The lowest BCUT2D eigenvalue weighted by atomic mass is 9.87. The number of halogens is 1. The van der Waals surface area contributed by atoms with Gasteiger partial charge in [-0.25, -0.2) is 13.1 Å². The Morgan fingerprint density at radius 3 is 2.33 bits per heavy atom. The summed E-state index contributed by atoms with van der Waals surface area (Å²) in [5, 5.41) is 0.382. The summed E-state index contributed by atoms with van der Waals surface area (Å²) in [6.45, 7) is 6.86. The third-order valence-corrected chi connectivity index (χ3v) is 5.18. The second kappa shape index (κ2) is 7.55. The van der Waals surface area contributed by atoms with Crippen LogP contribution in [0.4, 0.5) is 0 Å². The maximum absolute atomic E-state index is 12.1. The Labute approximate surface area is 148 Å². The third kappa shape index (κ3) is 5.23. The molecule has 2 aromatic rings. The number of sulfonamides is 1. The maximum Gasteiger partial charge on any atom is 0.240 e. The molecule has 130 valence electrons. The summed E-state index contributed by atoms with van der Waals surface area (Å²) in [7, 11) is -3.58. The van der Waals surface area contributed by atoms with E-state index in [0.717, 1.165) is 0 Å². The van der Waals surface area contributed by atoms with E-state index in [2.05, 4.69) is 25.5 Å². The predicted octanol–water partition coefficient (Wildman–Crippen LogP) is 3.99. The Morgan fingerprint density at radius 1 is 1.08 bits per heavy atom. The molecule has 0 spiro atoms. The van der Waals surface area contributed by atoms with Crippen molar-refractivity contribution in [3.8, 4) is 5.75 Å². The predicted molar refractivity (Wildman–Crippen MR) is 97.3 cm³/mol. The van der Waals surface area contributed by atoms with Gasteiger partial charge in [-0.15, -0.1) is 0 Å². The molecule has 2 rings (SSSR count). The van der Waals surface area contributed by atoms with Gasteiger partial charge in [0.05, 0.1) is 4.90 Å². The molecular formula is C18H22ClNO3S. The number of ether oxygens (including phenoxy) is 1. The van der Waals surface area contributed by atoms with Crippen molar-refractivity contribution < 1.29 is 13.2 Å². The van der Waals surface area contributed by atoms with E-state index in [1.807, 2.05) is 24.3 Å². The highest BCUT2D eigenvalue weighted by molar-refractivity contribution is 7.89. The summed E-state index contributed by atoms with van der Waals surface area (Å²) in [5.41, 5.74) is 1.31. The fraction of sp³-hybridized carbons (Fsp3) is 0.333. The maximum atomic E-state index is 12.1. The van der Waals surface area contributed by atoms with Crippen LogP contribution in [0.15, 0.2) is 53.4 Å². The Hall–Kier alpha value is -1.56. The highest BCUT2D eigenvalue weighted by atomic mass is 35.5. The van der Waals surface area contributed by atoms with Crippen LogP contribution in [0.25, 0.3) is 0 Å². The van der Waals surface area contributed by atoms with Crippen molar-refractivity contribution in [3.63, 3.8) is 0 Å². The first-order chi connectivity index (χ1) is 11.2. The molecule has 0 amide bonds. The van der Waals surface area contributed by atoms with E-state index in [4.69, 9.17) is 16.3 Å². The van der Waals surface area contributed by atoms with Crippen LogP contribution in [-0.2, 0) is 15.4 Å². The third-order valence-electron chi connectivity index (χ3n) is 3.49. The first-order valence-electron chi connectivity index (χ1n) is 7.67. The summed E-state index contributed by atoms with van der Waals surface area (Å²) in [6.07, 6.45) is 0. The normalized spacial score (nSPS) is 12.2. The SMILES string of the molecule is CC(C)(C)c1ccc(OCCNS(=O)(=O)c2cccc(Cl)c2)cc1. The Balaban J connectivity index is 1.86. The summed E-state index contributed by atoms with van der Waals surface area (Å²) in [5.74, 6) is 0.713. The topological polar surface area (TPSA) is 55.4 Å². The minimum absolute atomic E-state index is 0.0884. The lowest BCUT2D eigenvalue weighted by Crippen LogP contribution is -2.28. The molecule has 24 heavy (non-hydrogen) atoms. The zero-order chi connectivity index (χ0) is 17.8. The van der Waals surface area contributed by atoms with E-state index in [-0.39, 0.29) is 23.5 Å². The van der Waals surface area contributed by atoms with Gasteiger partial charge in [-0.2, -0.15) is 0 Å². The quantitative estimate of drug-likeness (QED) is 0.785. The van der Waals surface area contributed by atoms with Crippen LogP contribution in [0.2, 0.25) is 5.02 Å². The number of hydrogen-bond acceptors (Lipinski definition) is 3. The van der Waals surface area contributed by atoms with Crippen LogP contribution >= 0.6 is 11.6 Å². The zero-order valence-corrected chi connectivity index (χ0v) is 15.6. The van der Waals surface area contributed by atoms with Crippen molar-refractivity contribution in [2.75, 3.05) is 13.2 Å². The summed E-state index contributed by atoms with van der Waals surface area (Å²) >= 11 is 5.82. The second-order valence-electron chi connectivity index (χ2n) is 6.48. The Bertz CT molecular complexity index is 781. The molecule has 0 aliphatic heterocycles. The monoisotopic (exact) mass is 367 g/mol. The molecule has 0 aliphatic rings. The number of nitrogens with one attached hydrogen (secondary N) is 1. The minimum Gasteiger partial charge on any atom is -0.492 e. The molecule has 0 saturated carbocycles. The highest BCUT2D eigenvalue weighted by Crippen LogP contribution is 2.24. The van der Waals surface area contributed by atoms with E-state index in [0.29, 0.717) is 10.8 Å². The zero-order valence-electron chi connectivity index (χ0n) is 14.0. The van der Waals surface area contributed by atoms with Gasteiger partial charge >= 0.3 is 0 Å². The lowest BCUT2D eigenvalue weighted by molar-refractivity contribution is 0.322. The van der Waals surface area contributed by atoms with Crippen LogP contribution < -0.4 is 9.46 Å². The van der Waals surface area contributed by atoms with E-state index in [1.54, 1.807) is 12.1 Å². The minimum atomic E-state index is -3.58. The van der Waals surface area contributed by atoms with E-state index >= 15 is 0 Å². The van der Waals surface area contributed by atoms with Crippen LogP contribution in [0.1, 0.15) is 26.3 Å². The number of benzene rings is 2. The lowest BCUT2D eigenvalue weighted by Gasteiger charge is -2.19. The molecule has 4 nitrogen and oxygen atoms in total. The second-order valence-corrected chi connectivity index (χ2v) is 8.68. The number of rotatable bonds is 6. The first-order valence-corrected chi connectivity index (χ1v) is 9.53. The van der Waals surface area contributed by atoms with Gasteiger partial charge in [-0.1, -0.05) is 50.6 Å². The van der Waals surface area contributed by atoms with Gasteiger partial charge in [0, 0.05) is 11.6 Å². The van der Waals surface area contributed by atoms with Crippen molar-refractivity contribution in [1.29, 1.82) is 0 Å². The molecule has 0 fully saturated rings. The van der Waals surface area contributed by atoms with E-state index in [9.17, 15) is 8.42 Å². The van der Waals surface area contributed by atoms with Gasteiger partial charge in [0.1, 0.15) is 12.4 Å². The van der Waals surface area contributed by atoms with Gasteiger partial charge in [-0.05, 0) is 41.3 Å². The van der Waals surface area contributed by atoms with Gasteiger partial charge in [0.2, 0.25) is 10.0 Å². The van der Waals surface area contributed by atoms with Crippen molar-refractivity contribution in [3.05, 3.63) is 59.1 Å². The Morgan fingerprint density at radius 2 is 1.75 bits per heavy atom. The fourth-order valence-corrected chi connectivity index (χ4v) is 3.43. The average molecular weight is 368 g/mol. The molecule has 0 aromatic heterocycles. The molecule has 0 radical (unpaired) electrons. The van der Waals surface area contributed by atoms with Crippen LogP contribution in [0, 0.1) is 0 Å². The van der Waals surface area contributed by atoms with Crippen LogP contribution in [0.3, 0.4) is 0 Å². The fourth-order valence-electron chi connectivity index (χ4n) is 2.11. The summed E-state index contributed by atoms with van der Waals surface area (Å²) < 4.78 is 32.3. The van der Waals surface area contributed by atoms with Crippen molar-refractivity contribution in [1.82, 2.24) is 4.72 Å². The van der Waals surface area contributed by atoms with Crippen LogP contribution in [-0.4, -0.2) is 21.6 Å². The largest absolute Gasteiger partial charge is 0.492 e. The van der Waals surface area contributed by atoms with Crippen LogP contribution in [0.5, 0.6) is 5.75 Å². The van der Waals surface area contributed by atoms with Gasteiger partial charge in [0.25, 0.3) is 0 Å². The van der Waals surface area contributed by atoms with Crippen molar-refractivity contribution >= 4 is 21.6 Å². The molecule has 0 saturated heterocycles. The van der Waals surface area contributed by atoms with Crippen molar-refractivity contribution in [2.45, 2.75) is 31.1 Å². The molecule has 0 atom stereocenters. The molecule has 0 bridgehead atoms. The molecular weight excluding hydrogens is 346 g/mol. The Kier molecular flexibility index (Phi) is 5.91. The standard InChI is InChI=1S/C18H22ClNO3S/c1-18(2,3)14-7-9-16(10-8-14)23-12-11-20-24(21,22)17-6-4-5-15(19)13-17/h4-10,13,20H,11-12H2,1-3H3. The summed E-state index contributed by atoms with van der Waals surface area (Å²) in [4.78, 5) is 0.143. The molecule has 1 N–H and O–H groups in total. The van der Waals surface area contributed by atoms with Gasteiger partial charge in [0.15, 0.2) is 0 Å². The average Bonchev–Trinajstić information content (AvgIpc) is 2.51. The molecule has 0 heterocycles. The number of hydrogen-bond donors (Lipinski definition) is 1. The van der Waals surface area contributed by atoms with E-state index < -0.39 is 10.0 Å². The molecule has 6 heteroatoms. The molecule has 0 unspecified atom stereocenters. The highest BCUT2D eigenvalue weighted by Gasteiger charge is 2.14. The molecule has 0 aliphatic carbocycles. The van der Waals surface area contributed by atoms with Crippen molar-refractivity contribution in [2.24, 2.45) is 0 Å². The summed E-state index contributed by atoms with van der Waals surface area (Å²) in [6, 6.07) is 14.0. The first kappa shape index (κ1) is 18.8. The van der Waals surface area contributed by atoms with Gasteiger partial charge in [-0.3, -0.25) is 0 Å².